The van der Waals surface area contributed by atoms with Gasteiger partial charge in [-0.05, 0) is 44.5 Å². The second-order valence-electron chi connectivity index (χ2n) is 6.37. The fraction of sp³-hybridized carbons (Fsp3) is 0.500. The van der Waals surface area contributed by atoms with Gasteiger partial charge in [-0.15, -0.1) is 0 Å². The van der Waals surface area contributed by atoms with Gasteiger partial charge in [0.05, 0.1) is 17.5 Å². The molecule has 4 N–H and O–H groups in total. The summed E-state index contributed by atoms with van der Waals surface area (Å²) in [5, 5.41) is 8.85. The molecule has 0 bridgehead atoms. The lowest BCUT2D eigenvalue weighted by molar-refractivity contribution is -0.114. The fourth-order valence-electron chi connectivity index (χ4n) is 2.83. The number of hydrogen-bond donors (Lipinski definition) is 4. The maximum absolute atomic E-state index is 12.7. The maximum atomic E-state index is 12.7. The highest BCUT2D eigenvalue weighted by Crippen LogP contribution is 2.22. The molecule has 138 valence electrons. The van der Waals surface area contributed by atoms with Gasteiger partial charge in [-0.25, -0.2) is 8.42 Å². The third kappa shape index (κ3) is 6.02. The zero-order valence-corrected chi connectivity index (χ0v) is 15.4. The summed E-state index contributed by atoms with van der Waals surface area (Å²) in [6.07, 6.45) is 2.62. The summed E-state index contributed by atoms with van der Waals surface area (Å²) in [6.45, 7) is 4.22. The van der Waals surface area contributed by atoms with E-state index in [9.17, 15) is 18.0 Å². The molecule has 1 aromatic rings. The molecule has 0 aliphatic carbocycles. The molecule has 2 rings (SSSR count). The van der Waals surface area contributed by atoms with Gasteiger partial charge >= 0.3 is 0 Å². The molecule has 25 heavy (non-hydrogen) atoms. The predicted octanol–water partition coefficient (Wildman–Crippen LogP) is 0.887. The van der Waals surface area contributed by atoms with Gasteiger partial charge in [-0.3, -0.25) is 14.3 Å². The Bertz CT molecular complexity index is 763. The van der Waals surface area contributed by atoms with E-state index >= 15 is 0 Å². The number of piperidine rings is 1. The summed E-state index contributed by atoms with van der Waals surface area (Å²) in [7, 11) is -3.54. The summed E-state index contributed by atoms with van der Waals surface area (Å²) >= 11 is 0. The van der Waals surface area contributed by atoms with Crippen molar-refractivity contribution in [2.75, 3.05) is 22.8 Å². The number of carbonyl (C=O) groups excluding carboxylic acids is 2. The summed E-state index contributed by atoms with van der Waals surface area (Å²) in [4.78, 5) is 23.9. The zero-order valence-electron chi connectivity index (χ0n) is 14.5. The number of anilines is 2. The lowest BCUT2D eigenvalue weighted by atomic mass is 10.00. The first kappa shape index (κ1) is 19.2. The second-order valence-corrected chi connectivity index (χ2v) is 8.11. The Morgan fingerprint density at radius 2 is 2.00 bits per heavy atom. The molecule has 1 aliphatic rings. The van der Waals surface area contributed by atoms with E-state index in [-0.39, 0.29) is 29.1 Å². The lowest BCUT2D eigenvalue weighted by Crippen LogP contribution is -2.46. The zero-order chi connectivity index (χ0) is 18.6. The third-order valence-corrected chi connectivity index (χ3v) is 4.43. The normalized spacial score (nSPS) is 20.6. The van der Waals surface area contributed by atoms with Gasteiger partial charge in [-0.1, -0.05) is 0 Å². The Hall–Kier alpha value is -2.13. The van der Waals surface area contributed by atoms with E-state index in [0.29, 0.717) is 11.7 Å². The molecule has 1 aliphatic heterocycles. The van der Waals surface area contributed by atoms with Gasteiger partial charge in [0.15, 0.2) is 0 Å². The fourth-order valence-corrected chi connectivity index (χ4v) is 3.41. The van der Waals surface area contributed by atoms with Crippen molar-refractivity contribution in [1.29, 1.82) is 0 Å². The van der Waals surface area contributed by atoms with Gasteiger partial charge in [0.25, 0.3) is 5.91 Å². The molecule has 2 atom stereocenters. The standard InChI is InChI=1S/C16H24N4O4S/c1-10-8-13(6-7-17-10)19-16(22)14-9-12(18-11(2)21)4-5-15(14)20-25(3,23)24/h4-5,9-10,13,17,20H,6-8H2,1-3H3,(H,18,21)(H,19,22). The van der Waals surface area contributed by atoms with E-state index < -0.39 is 10.0 Å². The van der Waals surface area contributed by atoms with Crippen molar-refractivity contribution in [3.05, 3.63) is 23.8 Å². The summed E-state index contributed by atoms with van der Waals surface area (Å²) in [5.74, 6) is -0.653. The van der Waals surface area contributed by atoms with Crippen LogP contribution in [0.25, 0.3) is 0 Å². The Morgan fingerprint density at radius 3 is 2.60 bits per heavy atom. The van der Waals surface area contributed by atoms with Crippen molar-refractivity contribution >= 4 is 33.2 Å². The predicted molar refractivity (Wildman–Crippen MR) is 97.2 cm³/mol. The van der Waals surface area contributed by atoms with Crippen LogP contribution in [0.1, 0.15) is 37.0 Å². The van der Waals surface area contributed by atoms with Crippen molar-refractivity contribution in [3.63, 3.8) is 0 Å². The number of rotatable bonds is 5. The Balaban J connectivity index is 2.26. The van der Waals surface area contributed by atoms with Gasteiger partial charge in [0, 0.05) is 24.7 Å². The van der Waals surface area contributed by atoms with E-state index in [1.54, 1.807) is 0 Å². The van der Waals surface area contributed by atoms with Crippen molar-refractivity contribution in [2.45, 2.75) is 38.8 Å². The van der Waals surface area contributed by atoms with Crippen LogP contribution in [0.4, 0.5) is 11.4 Å². The number of carbonyl (C=O) groups is 2. The van der Waals surface area contributed by atoms with Gasteiger partial charge in [0.1, 0.15) is 0 Å². The van der Waals surface area contributed by atoms with Crippen molar-refractivity contribution < 1.29 is 18.0 Å². The summed E-state index contributed by atoms with van der Waals surface area (Å²) in [6, 6.07) is 4.79. The summed E-state index contributed by atoms with van der Waals surface area (Å²) in [5.41, 5.74) is 0.773. The minimum atomic E-state index is -3.54. The average molecular weight is 368 g/mol. The SMILES string of the molecule is CC(=O)Nc1ccc(NS(C)(=O)=O)c(C(=O)NC2CCNC(C)C2)c1. The Kier molecular flexibility index (Phi) is 6.02. The smallest absolute Gasteiger partial charge is 0.253 e. The van der Waals surface area contributed by atoms with Crippen LogP contribution < -0.4 is 20.7 Å². The first-order valence-corrected chi connectivity index (χ1v) is 9.97. The molecule has 0 spiro atoms. The van der Waals surface area contributed by atoms with Crippen molar-refractivity contribution in [3.8, 4) is 0 Å². The monoisotopic (exact) mass is 368 g/mol. The molecule has 0 aromatic heterocycles. The topological polar surface area (TPSA) is 116 Å². The molecule has 9 heteroatoms. The van der Waals surface area contributed by atoms with E-state index in [2.05, 4.69) is 20.7 Å². The number of amides is 2. The molecule has 1 heterocycles. The molecule has 8 nitrogen and oxygen atoms in total. The highest BCUT2D eigenvalue weighted by atomic mass is 32.2. The lowest BCUT2D eigenvalue weighted by Gasteiger charge is -2.29. The summed E-state index contributed by atoms with van der Waals surface area (Å²) < 4.78 is 25.4. The first-order valence-electron chi connectivity index (χ1n) is 8.07. The second kappa shape index (κ2) is 7.83. The minimum absolute atomic E-state index is 0.0132. The Morgan fingerprint density at radius 1 is 1.28 bits per heavy atom. The van der Waals surface area contributed by atoms with E-state index in [1.807, 2.05) is 6.92 Å². The largest absolute Gasteiger partial charge is 0.349 e. The number of benzene rings is 1. The molecular weight excluding hydrogens is 344 g/mol. The number of nitrogens with one attached hydrogen (secondary N) is 4. The first-order chi connectivity index (χ1) is 11.6. The van der Waals surface area contributed by atoms with Crippen molar-refractivity contribution in [1.82, 2.24) is 10.6 Å². The number of sulfonamides is 1. The molecule has 0 radical (unpaired) electrons. The average Bonchev–Trinajstić information content (AvgIpc) is 2.46. The van der Waals surface area contributed by atoms with Crippen LogP contribution in [0.15, 0.2) is 18.2 Å². The van der Waals surface area contributed by atoms with Crippen LogP contribution in [0.3, 0.4) is 0 Å². The molecule has 2 amide bonds. The van der Waals surface area contributed by atoms with Crippen LogP contribution in [-0.2, 0) is 14.8 Å². The van der Waals surface area contributed by atoms with Crippen LogP contribution in [-0.4, -0.2) is 45.1 Å². The minimum Gasteiger partial charge on any atom is -0.349 e. The van der Waals surface area contributed by atoms with E-state index in [4.69, 9.17) is 0 Å². The quantitative estimate of drug-likeness (QED) is 0.616. The van der Waals surface area contributed by atoms with Crippen LogP contribution >= 0.6 is 0 Å². The molecule has 1 saturated heterocycles. The van der Waals surface area contributed by atoms with Gasteiger partial charge < -0.3 is 16.0 Å². The maximum Gasteiger partial charge on any atom is 0.253 e. The highest BCUT2D eigenvalue weighted by molar-refractivity contribution is 7.92. The molecule has 2 unspecified atom stereocenters. The van der Waals surface area contributed by atoms with Crippen LogP contribution in [0, 0.1) is 0 Å². The number of hydrogen-bond acceptors (Lipinski definition) is 5. The third-order valence-electron chi connectivity index (χ3n) is 3.84. The Labute approximate surface area is 147 Å². The van der Waals surface area contributed by atoms with E-state index in [0.717, 1.165) is 25.6 Å². The molecule has 1 fully saturated rings. The molecule has 0 saturated carbocycles. The van der Waals surface area contributed by atoms with Crippen LogP contribution in [0.5, 0.6) is 0 Å². The molecule has 1 aromatic carbocycles. The highest BCUT2D eigenvalue weighted by Gasteiger charge is 2.22. The van der Waals surface area contributed by atoms with E-state index in [1.165, 1.54) is 25.1 Å². The van der Waals surface area contributed by atoms with Gasteiger partial charge in [-0.2, -0.15) is 0 Å². The molecular formula is C16H24N4O4S. The van der Waals surface area contributed by atoms with Crippen LogP contribution in [0.2, 0.25) is 0 Å². The van der Waals surface area contributed by atoms with Crippen molar-refractivity contribution in [2.24, 2.45) is 0 Å². The van der Waals surface area contributed by atoms with Gasteiger partial charge in [0.2, 0.25) is 15.9 Å².